The molecule has 1 aliphatic rings. The molecule has 0 spiro atoms. The van der Waals surface area contributed by atoms with E-state index in [1.54, 1.807) is 0 Å². The highest BCUT2D eigenvalue weighted by atomic mass is 16.5. The van der Waals surface area contributed by atoms with Crippen LogP contribution < -0.4 is 16.2 Å². The third-order valence-electron chi connectivity index (χ3n) is 3.42. The summed E-state index contributed by atoms with van der Waals surface area (Å²) in [5, 5.41) is 7.94. The monoisotopic (exact) mass is 260 g/mol. The number of hydrogen-bond donors (Lipinski definition) is 2. The number of nitrogens with one attached hydrogen (secondary N) is 1. The van der Waals surface area contributed by atoms with E-state index in [9.17, 15) is 4.79 Å². The average molecular weight is 260 g/mol. The maximum atomic E-state index is 11.7. The molecule has 1 fully saturated rings. The molecule has 1 aliphatic heterocycles. The van der Waals surface area contributed by atoms with Crippen molar-refractivity contribution in [2.45, 2.75) is 6.54 Å². The Kier molecular flexibility index (Phi) is 3.18. The summed E-state index contributed by atoms with van der Waals surface area (Å²) in [6.07, 6.45) is 0. The SMILES string of the molecule is NCc1n[nH]c(=O)c2ccc(N3CCOCC3)cc12. The van der Waals surface area contributed by atoms with Gasteiger partial charge in [-0.1, -0.05) is 0 Å². The molecule has 19 heavy (non-hydrogen) atoms. The van der Waals surface area contributed by atoms with E-state index in [2.05, 4.69) is 15.1 Å². The van der Waals surface area contributed by atoms with Crippen LogP contribution in [0.15, 0.2) is 23.0 Å². The zero-order valence-electron chi connectivity index (χ0n) is 10.6. The number of benzene rings is 1. The molecule has 6 heteroatoms. The first-order chi connectivity index (χ1) is 9.29. The van der Waals surface area contributed by atoms with E-state index in [1.165, 1.54) is 0 Å². The minimum absolute atomic E-state index is 0.180. The van der Waals surface area contributed by atoms with Gasteiger partial charge in [-0.05, 0) is 18.2 Å². The fraction of sp³-hybridized carbons (Fsp3) is 0.385. The Balaban J connectivity index is 2.11. The summed E-state index contributed by atoms with van der Waals surface area (Å²) in [6, 6.07) is 5.79. The molecule has 0 amide bonds. The van der Waals surface area contributed by atoms with Crippen LogP contribution in [0.4, 0.5) is 5.69 Å². The second-order valence-corrected chi connectivity index (χ2v) is 4.53. The smallest absolute Gasteiger partial charge is 0.272 e. The Hall–Kier alpha value is -1.92. The van der Waals surface area contributed by atoms with Gasteiger partial charge in [0.25, 0.3) is 5.56 Å². The summed E-state index contributed by atoms with van der Waals surface area (Å²) in [6.45, 7) is 3.49. The van der Waals surface area contributed by atoms with Crippen LogP contribution in [0.25, 0.3) is 10.8 Å². The molecule has 0 bridgehead atoms. The van der Waals surface area contributed by atoms with E-state index in [1.807, 2.05) is 18.2 Å². The molecule has 1 aromatic heterocycles. The Morgan fingerprint density at radius 2 is 2.11 bits per heavy atom. The molecule has 3 rings (SSSR count). The number of nitrogens with two attached hydrogens (primary N) is 1. The van der Waals surface area contributed by atoms with Crippen molar-refractivity contribution in [1.29, 1.82) is 0 Å². The lowest BCUT2D eigenvalue weighted by Crippen LogP contribution is -2.36. The predicted octanol–water partition coefficient (Wildman–Crippen LogP) is 0.218. The maximum Gasteiger partial charge on any atom is 0.272 e. The molecule has 2 heterocycles. The molecule has 100 valence electrons. The summed E-state index contributed by atoms with van der Waals surface area (Å²) in [7, 11) is 0. The van der Waals surface area contributed by atoms with Crippen LogP contribution in [0.5, 0.6) is 0 Å². The Morgan fingerprint density at radius 3 is 2.84 bits per heavy atom. The van der Waals surface area contributed by atoms with E-state index in [0.717, 1.165) is 37.4 Å². The number of H-pyrrole nitrogens is 1. The Bertz CT molecular complexity index is 647. The van der Waals surface area contributed by atoms with E-state index in [-0.39, 0.29) is 5.56 Å². The summed E-state index contributed by atoms with van der Waals surface area (Å²) in [4.78, 5) is 14.0. The van der Waals surface area contributed by atoms with Gasteiger partial charge in [-0.25, -0.2) is 5.10 Å². The number of aromatic nitrogens is 2. The van der Waals surface area contributed by atoms with Gasteiger partial charge in [0.2, 0.25) is 0 Å². The molecule has 0 aliphatic carbocycles. The van der Waals surface area contributed by atoms with Crippen molar-refractivity contribution in [3.63, 3.8) is 0 Å². The van der Waals surface area contributed by atoms with Gasteiger partial charge in [-0.2, -0.15) is 5.10 Å². The van der Waals surface area contributed by atoms with Crippen LogP contribution in [0, 0.1) is 0 Å². The van der Waals surface area contributed by atoms with Gasteiger partial charge in [0, 0.05) is 30.7 Å². The fourth-order valence-corrected chi connectivity index (χ4v) is 2.38. The minimum Gasteiger partial charge on any atom is -0.378 e. The number of rotatable bonds is 2. The number of fused-ring (bicyclic) bond motifs is 1. The van der Waals surface area contributed by atoms with Crippen molar-refractivity contribution in [2.24, 2.45) is 5.73 Å². The summed E-state index contributed by atoms with van der Waals surface area (Å²) < 4.78 is 5.34. The standard InChI is InChI=1S/C13H16N4O2/c14-8-12-11-7-9(17-3-5-19-6-4-17)1-2-10(11)13(18)16-15-12/h1-2,7H,3-6,8,14H2,(H,16,18). The molecule has 6 nitrogen and oxygen atoms in total. The van der Waals surface area contributed by atoms with Crippen LogP contribution >= 0.6 is 0 Å². The molecule has 0 saturated carbocycles. The highest BCUT2D eigenvalue weighted by Crippen LogP contribution is 2.22. The number of ether oxygens (including phenoxy) is 1. The lowest BCUT2D eigenvalue weighted by atomic mass is 10.1. The van der Waals surface area contributed by atoms with Gasteiger partial charge >= 0.3 is 0 Å². The number of aromatic amines is 1. The molecule has 2 aromatic rings. The zero-order valence-corrected chi connectivity index (χ0v) is 10.6. The average Bonchev–Trinajstić information content (AvgIpc) is 2.48. The lowest BCUT2D eigenvalue weighted by Gasteiger charge is -2.29. The largest absolute Gasteiger partial charge is 0.378 e. The zero-order chi connectivity index (χ0) is 13.2. The van der Waals surface area contributed by atoms with Gasteiger partial charge in [0.15, 0.2) is 0 Å². The third-order valence-corrected chi connectivity index (χ3v) is 3.42. The van der Waals surface area contributed by atoms with Crippen LogP contribution in [0.3, 0.4) is 0 Å². The van der Waals surface area contributed by atoms with Crippen molar-refractivity contribution in [3.05, 3.63) is 34.2 Å². The molecule has 1 saturated heterocycles. The predicted molar refractivity (Wildman–Crippen MR) is 73.3 cm³/mol. The third kappa shape index (κ3) is 2.20. The first-order valence-corrected chi connectivity index (χ1v) is 6.33. The highest BCUT2D eigenvalue weighted by molar-refractivity contribution is 5.87. The summed E-state index contributed by atoms with van der Waals surface area (Å²) >= 11 is 0. The van der Waals surface area contributed by atoms with Gasteiger partial charge in [0.1, 0.15) is 0 Å². The second kappa shape index (κ2) is 4.99. The van der Waals surface area contributed by atoms with Gasteiger partial charge in [0.05, 0.1) is 24.3 Å². The number of nitrogens with zero attached hydrogens (tertiary/aromatic N) is 2. The van der Waals surface area contributed by atoms with Crippen LogP contribution in [0.1, 0.15) is 5.69 Å². The van der Waals surface area contributed by atoms with Crippen molar-refractivity contribution in [1.82, 2.24) is 10.2 Å². The van der Waals surface area contributed by atoms with E-state index >= 15 is 0 Å². The number of hydrogen-bond acceptors (Lipinski definition) is 5. The van der Waals surface area contributed by atoms with Crippen LogP contribution in [-0.2, 0) is 11.3 Å². The molecule has 0 unspecified atom stereocenters. The van der Waals surface area contributed by atoms with Gasteiger partial charge < -0.3 is 15.4 Å². The van der Waals surface area contributed by atoms with E-state index < -0.39 is 0 Å². The highest BCUT2D eigenvalue weighted by Gasteiger charge is 2.13. The van der Waals surface area contributed by atoms with Crippen molar-refractivity contribution in [2.75, 3.05) is 31.2 Å². The summed E-state index contributed by atoms with van der Waals surface area (Å²) in [5.74, 6) is 0. The molecular formula is C13H16N4O2. The molecule has 0 atom stereocenters. The van der Waals surface area contributed by atoms with Crippen LogP contribution in [-0.4, -0.2) is 36.5 Å². The number of anilines is 1. The number of morpholine rings is 1. The minimum atomic E-state index is -0.180. The van der Waals surface area contributed by atoms with Crippen molar-refractivity contribution >= 4 is 16.5 Å². The first kappa shape index (κ1) is 12.1. The molecular weight excluding hydrogens is 244 g/mol. The molecule has 1 aromatic carbocycles. The summed E-state index contributed by atoms with van der Waals surface area (Å²) in [5.41, 5.74) is 7.29. The van der Waals surface area contributed by atoms with Crippen LogP contribution in [0.2, 0.25) is 0 Å². The Labute approximate surface area is 110 Å². The normalized spacial score (nSPS) is 15.9. The van der Waals surface area contributed by atoms with Gasteiger partial charge in [-0.15, -0.1) is 0 Å². The molecule has 0 radical (unpaired) electrons. The fourth-order valence-electron chi connectivity index (χ4n) is 2.38. The Morgan fingerprint density at radius 1 is 1.32 bits per heavy atom. The maximum absolute atomic E-state index is 11.7. The van der Waals surface area contributed by atoms with E-state index in [0.29, 0.717) is 17.6 Å². The molecule has 3 N–H and O–H groups in total. The topological polar surface area (TPSA) is 84.2 Å². The van der Waals surface area contributed by atoms with E-state index in [4.69, 9.17) is 10.5 Å². The second-order valence-electron chi connectivity index (χ2n) is 4.53. The van der Waals surface area contributed by atoms with Gasteiger partial charge in [-0.3, -0.25) is 4.79 Å². The van der Waals surface area contributed by atoms with Crippen molar-refractivity contribution < 1.29 is 4.74 Å². The van der Waals surface area contributed by atoms with Crippen molar-refractivity contribution in [3.8, 4) is 0 Å². The quantitative estimate of drug-likeness (QED) is 0.807. The first-order valence-electron chi connectivity index (χ1n) is 6.33. The lowest BCUT2D eigenvalue weighted by molar-refractivity contribution is 0.122.